The first-order chi connectivity index (χ1) is 10.2. The number of tetrazole rings is 1. The number of carbonyl (C=O) groups excluding carboxylic acids is 1. The first-order valence-corrected chi connectivity index (χ1v) is 6.87. The number of halogens is 1. The Labute approximate surface area is 128 Å². The fourth-order valence-electron chi connectivity index (χ4n) is 1.84. The van der Waals surface area contributed by atoms with Crippen LogP contribution in [0, 0.1) is 0 Å². The number of carbonyl (C=O) groups is 1. The van der Waals surface area contributed by atoms with E-state index in [2.05, 4.69) is 36.8 Å². The highest BCUT2D eigenvalue weighted by Gasteiger charge is 2.14. The number of nitrogens with one attached hydrogen (secondary N) is 1. The van der Waals surface area contributed by atoms with Crippen molar-refractivity contribution in [2.45, 2.75) is 6.54 Å². The number of furan rings is 1. The maximum absolute atomic E-state index is 12.4. The van der Waals surface area contributed by atoms with Gasteiger partial charge in [0, 0.05) is 4.47 Å². The van der Waals surface area contributed by atoms with Gasteiger partial charge < -0.3 is 9.73 Å². The van der Waals surface area contributed by atoms with Gasteiger partial charge in [-0.2, -0.15) is 4.68 Å². The third-order valence-corrected chi connectivity index (χ3v) is 3.30. The molecule has 106 valence electrons. The average molecular weight is 348 g/mol. The fraction of sp³-hybridized carbons (Fsp3) is 0.0769. The van der Waals surface area contributed by atoms with Crippen LogP contribution in [0.3, 0.4) is 0 Å². The van der Waals surface area contributed by atoms with Crippen molar-refractivity contribution in [3.05, 3.63) is 58.7 Å². The molecule has 1 N–H and O–H groups in total. The van der Waals surface area contributed by atoms with Crippen LogP contribution in [0.5, 0.6) is 0 Å². The zero-order chi connectivity index (χ0) is 14.7. The second-order valence-corrected chi connectivity index (χ2v) is 5.09. The maximum atomic E-state index is 12.4. The fourth-order valence-corrected chi connectivity index (χ4v) is 2.20. The summed E-state index contributed by atoms with van der Waals surface area (Å²) in [6, 6.07) is 8.87. The van der Waals surface area contributed by atoms with Crippen LogP contribution in [-0.4, -0.2) is 26.1 Å². The Bertz CT molecular complexity index is 740. The normalized spacial score (nSPS) is 10.5. The van der Waals surface area contributed by atoms with E-state index in [4.69, 9.17) is 4.42 Å². The molecule has 0 atom stereocenters. The molecule has 1 amide bonds. The van der Waals surface area contributed by atoms with Crippen molar-refractivity contribution in [2.75, 3.05) is 0 Å². The van der Waals surface area contributed by atoms with E-state index in [-0.39, 0.29) is 5.91 Å². The molecule has 3 aromatic rings. The van der Waals surface area contributed by atoms with E-state index in [1.54, 1.807) is 30.5 Å². The molecule has 0 bridgehead atoms. The minimum Gasteiger partial charge on any atom is -0.467 e. The summed E-state index contributed by atoms with van der Waals surface area (Å²) in [5, 5.41) is 13.8. The number of benzene rings is 1. The molecule has 8 heteroatoms. The predicted molar refractivity (Wildman–Crippen MR) is 76.7 cm³/mol. The molecule has 0 saturated carbocycles. The highest BCUT2D eigenvalue weighted by molar-refractivity contribution is 9.10. The zero-order valence-corrected chi connectivity index (χ0v) is 12.3. The standard InChI is InChI=1S/C13H10BrN5O2/c14-9-3-4-12(19-8-16-17-18-19)11(6-9)13(20)15-7-10-2-1-5-21-10/h1-6,8H,7H2,(H,15,20). The van der Waals surface area contributed by atoms with Crippen molar-refractivity contribution < 1.29 is 9.21 Å². The Balaban J connectivity index is 1.86. The topological polar surface area (TPSA) is 85.8 Å². The third-order valence-electron chi connectivity index (χ3n) is 2.80. The van der Waals surface area contributed by atoms with Crippen molar-refractivity contribution in [2.24, 2.45) is 0 Å². The summed E-state index contributed by atoms with van der Waals surface area (Å²) in [5.41, 5.74) is 1.06. The monoisotopic (exact) mass is 347 g/mol. The van der Waals surface area contributed by atoms with Gasteiger partial charge in [0.05, 0.1) is 24.1 Å². The predicted octanol–water partition coefficient (Wildman–Crippen LogP) is 1.95. The van der Waals surface area contributed by atoms with Crippen LogP contribution in [0.15, 0.2) is 51.8 Å². The summed E-state index contributed by atoms with van der Waals surface area (Å²) in [6.45, 7) is 0.313. The summed E-state index contributed by atoms with van der Waals surface area (Å²) in [6.07, 6.45) is 3.00. The van der Waals surface area contributed by atoms with Gasteiger partial charge in [0.1, 0.15) is 12.1 Å². The molecule has 3 rings (SSSR count). The van der Waals surface area contributed by atoms with Crippen LogP contribution in [0.4, 0.5) is 0 Å². The third kappa shape index (κ3) is 3.00. The van der Waals surface area contributed by atoms with E-state index >= 15 is 0 Å². The molecule has 0 saturated heterocycles. The molecule has 0 aliphatic rings. The van der Waals surface area contributed by atoms with Crippen LogP contribution >= 0.6 is 15.9 Å². The Hall–Kier alpha value is -2.48. The summed E-state index contributed by atoms with van der Waals surface area (Å²) < 4.78 is 7.42. The molecule has 21 heavy (non-hydrogen) atoms. The lowest BCUT2D eigenvalue weighted by Crippen LogP contribution is -2.24. The van der Waals surface area contributed by atoms with Gasteiger partial charge >= 0.3 is 0 Å². The Morgan fingerprint density at radius 1 is 1.38 bits per heavy atom. The minimum atomic E-state index is -0.238. The van der Waals surface area contributed by atoms with Crippen LogP contribution in [0.1, 0.15) is 16.1 Å². The summed E-state index contributed by atoms with van der Waals surface area (Å²) in [4.78, 5) is 12.4. The van der Waals surface area contributed by atoms with Crippen molar-refractivity contribution in [3.8, 4) is 5.69 Å². The van der Waals surface area contributed by atoms with Gasteiger partial charge in [0.15, 0.2) is 0 Å². The van der Waals surface area contributed by atoms with Crippen LogP contribution < -0.4 is 5.32 Å². The van der Waals surface area contributed by atoms with E-state index in [9.17, 15) is 4.79 Å². The van der Waals surface area contributed by atoms with Gasteiger partial charge in [-0.25, -0.2) is 0 Å². The molecule has 0 unspecified atom stereocenters. The molecule has 0 radical (unpaired) electrons. The van der Waals surface area contributed by atoms with Gasteiger partial charge in [-0.15, -0.1) is 5.10 Å². The van der Waals surface area contributed by atoms with Gasteiger partial charge in [-0.3, -0.25) is 4.79 Å². The second-order valence-electron chi connectivity index (χ2n) is 4.18. The molecule has 0 spiro atoms. The minimum absolute atomic E-state index is 0.238. The van der Waals surface area contributed by atoms with Gasteiger partial charge in [0.2, 0.25) is 0 Å². The van der Waals surface area contributed by atoms with Gasteiger partial charge in [0.25, 0.3) is 5.91 Å². The number of amides is 1. The molecule has 7 nitrogen and oxygen atoms in total. The summed E-state index contributed by atoms with van der Waals surface area (Å²) >= 11 is 3.36. The highest BCUT2D eigenvalue weighted by atomic mass is 79.9. The molecule has 0 fully saturated rings. The molecule has 0 aliphatic heterocycles. The van der Waals surface area contributed by atoms with Crippen molar-refractivity contribution in [1.29, 1.82) is 0 Å². The van der Waals surface area contributed by atoms with Crippen molar-refractivity contribution in [3.63, 3.8) is 0 Å². The highest BCUT2D eigenvalue weighted by Crippen LogP contribution is 2.19. The first kappa shape index (κ1) is 13.5. The summed E-state index contributed by atoms with van der Waals surface area (Å²) in [5.74, 6) is 0.445. The number of aromatic nitrogens is 4. The number of hydrogen-bond donors (Lipinski definition) is 1. The van der Waals surface area contributed by atoms with Gasteiger partial charge in [-0.05, 0) is 40.8 Å². The quantitative estimate of drug-likeness (QED) is 0.779. The smallest absolute Gasteiger partial charge is 0.253 e. The number of hydrogen-bond acceptors (Lipinski definition) is 5. The lowest BCUT2D eigenvalue weighted by molar-refractivity contribution is 0.0948. The van der Waals surface area contributed by atoms with E-state index < -0.39 is 0 Å². The van der Waals surface area contributed by atoms with E-state index in [1.807, 2.05) is 6.07 Å². The second kappa shape index (κ2) is 5.88. The average Bonchev–Trinajstić information content (AvgIpc) is 3.18. The Morgan fingerprint density at radius 3 is 3.00 bits per heavy atom. The Morgan fingerprint density at radius 2 is 2.29 bits per heavy atom. The van der Waals surface area contributed by atoms with E-state index in [0.717, 1.165) is 4.47 Å². The van der Waals surface area contributed by atoms with Crippen LogP contribution in [-0.2, 0) is 6.54 Å². The lowest BCUT2D eigenvalue weighted by Gasteiger charge is -2.09. The molecular weight excluding hydrogens is 338 g/mol. The number of nitrogens with zero attached hydrogens (tertiary/aromatic N) is 4. The largest absolute Gasteiger partial charge is 0.467 e. The number of rotatable bonds is 4. The molecule has 2 heterocycles. The molecule has 0 aliphatic carbocycles. The van der Waals surface area contributed by atoms with Crippen LogP contribution in [0.25, 0.3) is 5.69 Å². The summed E-state index contributed by atoms with van der Waals surface area (Å²) in [7, 11) is 0. The molecule has 1 aromatic carbocycles. The molecule has 2 aromatic heterocycles. The lowest BCUT2D eigenvalue weighted by atomic mass is 10.1. The SMILES string of the molecule is O=C(NCc1ccco1)c1cc(Br)ccc1-n1cnnn1. The van der Waals surface area contributed by atoms with Gasteiger partial charge in [-0.1, -0.05) is 15.9 Å². The van der Waals surface area contributed by atoms with Crippen molar-refractivity contribution >= 4 is 21.8 Å². The molecular formula is C13H10BrN5O2. The Kier molecular flexibility index (Phi) is 3.78. The van der Waals surface area contributed by atoms with Crippen molar-refractivity contribution in [1.82, 2.24) is 25.5 Å². The maximum Gasteiger partial charge on any atom is 0.253 e. The first-order valence-electron chi connectivity index (χ1n) is 6.07. The van der Waals surface area contributed by atoms with E-state index in [0.29, 0.717) is 23.6 Å². The van der Waals surface area contributed by atoms with Crippen LogP contribution in [0.2, 0.25) is 0 Å². The van der Waals surface area contributed by atoms with E-state index in [1.165, 1.54) is 11.0 Å². The zero-order valence-electron chi connectivity index (χ0n) is 10.7.